The summed E-state index contributed by atoms with van der Waals surface area (Å²) in [6, 6.07) is 2.56. The van der Waals surface area contributed by atoms with Crippen LogP contribution < -0.4 is 5.73 Å². The molecule has 1 aromatic heterocycles. The van der Waals surface area contributed by atoms with E-state index < -0.39 is 18.0 Å². The highest BCUT2D eigenvalue weighted by Gasteiger charge is 2.36. The Bertz CT molecular complexity index is 327. The molecule has 0 spiro atoms. The number of rotatable bonds is 3. The van der Waals surface area contributed by atoms with Gasteiger partial charge in [0, 0.05) is 11.8 Å². The molecule has 84 valence electrons. The van der Waals surface area contributed by atoms with Gasteiger partial charge in [-0.05, 0) is 19.0 Å². The molecule has 1 atom stereocenters. The van der Waals surface area contributed by atoms with Crippen molar-refractivity contribution in [3.05, 3.63) is 29.6 Å². The number of aromatic nitrogens is 1. The van der Waals surface area contributed by atoms with Crippen LogP contribution >= 0.6 is 0 Å². The zero-order valence-electron chi connectivity index (χ0n) is 7.83. The number of aliphatic hydroxyl groups excluding tert-OH is 1. The third-order valence-corrected chi connectivity index (χ3v) is 1.91. The van der Waals surface area contributed by atoms with Gasteiger partial charge in [0.15, 0.2) is 0 Å². The van der Waals surface area contributed by atoms with Crippen LogP contribution in [0.3, 0.4) is 0 Å². The van der Waals surface area contributed by atoms with Gasteiger partial charge in [0.1, 0.15) is 5.69 Å². The monoisotopic (exact) mass is 220 g/mol. The van der Waals surface area contributed by atoms with Crippen LogP contribution in [-0.4, -0.2) is 16.6 Å². The van der Waals surface area contributed by atoms with Crippen LogP contribution in [0.2, 0.25) is 0 Å². The summed E-state index contributed by atoms with van der Waals surface area (Å²) >= 11 is 0. The van der Waals surface area contributed by atoms with Crippen LogP contribution in [0.4, 0.5) is 13.2 Å². The number of nitrogens with two attached hydrogens (primary N) is 1. The molecule has 0 aliphatic carbocycles. The first-order chi connectivity index (χ1) is 6.96. The Labute approximate surface area is 84.7 Å². The Morgan fingerprint density at radius 1 is 1.47 bits per heavy atom. The van der Waals surface area contributed by atoms with E-state index in [0.717, 1.165) is 6.20 Å². The van der Waals surface area contributed by atoms with E-state index in [1.165, 1.54) is 12.1 Å². The molecule has 0 radical (unpaired) electrons. The van der Waals surface area contributed by atoms with E-state index in [0.29, 0.717) is 0 Å². The van der Waals surface area contributed by atoms with Crippen molar-refractivity contribution in [2.45, 2.75) is 18.7 Å². The number of pyridine rings is 1. The molecule has 0 aromatic carbocycles. The molecule has 1 heterocycles. The lowest BCUT2D eigenvalue weighted by atomic mass is 10.0. The molecule has 1 rings (SSSR count). The van der Waals surface area contributed by atoms with Gasteiger partial charge >= 0.3 is 6.18 Å². The van der Waals surface area contributed by atoms with Gasteiger partial charge in [-0.3, -0.25) is 4.98 Å². The molecule has 0 amide bonds. The summed E-state index contributed by atoms with van der Waals surface area (Å²) < 4.78 is 37.3. The van der Waals surface area contributed by atoms with E-state index in [2.05, 4.69) is 4.98 Å². The minimum absolute atomic E-state index is 0.0781. The predicted molar refractivity (Wildman–Crippen MR) is 47.9 cm³/mol. The van der Waals surface area contributed by atoms with E-state index in [4.69, 9.17) is 5.73 Å². The standard InChI is InChI=1S/C9H11F3N2O/c10-9(11,12)8-6(2-1-5-14-8)7(15)3-4-13/h1-2,5,7,15H,3-4,13H2/t7-/m0/s1. The van der Waals surface area contributed by atoms with Gasteiger partial charge in [0.2, 0.25) is 0 Å². The summed E-state index contributed by atoms with van der Waals surface area (Å²) in [6.45, 7) is 0.118. The van der Waals surface area contributed by atoms with Crippen molar-refractivity contribution in [1.29, 1.82) is 0 Å². The fourth-order valence-corrected chi connectivity index (χ4v) is 1.24. The maximum Gasteiger partial charge on any atom is 0.433 e. The molecular formula is C9H11F3N2O. The second-order valence-electron chi connectivity index (χ2n) is 3.03. The molecular weight excluding hydrogens is 209 g/mol. The summed E-state index contributed by atoms with van der Waals surface area (Å²) in [4.78, 5) is 3.23. The van der Waals surface area contributed by atoms with Gasteiger partial charge in [-0.2, -0.15) is 13.2 Å². The van der Waals surface area contributed by atoms with Gasteiger partial charge < -0.3 is 10.8 Å². The van der Waals surface area contributed by atoms with Crippen molar-refractivity contribution in [1.82, 2.24) is 4.98 Å². The molecule has 3 N–H and O–H groups in total. The number of hydrogen-bond acceptors (Lipinski definition) is 3. The van der Waals surface area contributed by atoms with Crippen molar-refractivity contribution in [3.8, 4) is 0 Å². The highest BCUT2D eigenvalue weighted by atomic mass is 19.4. The third-order valence-electron chi connectivity index (χ3n) is 1.91. The average molecular weight is 220 g/mol. The molecule has 0 aliphatic rings. The largest absolute Gasteiger partial charge is 0.433 e. The van der Waals surface area contributed by atoms with Crippen LogP contribution in [0.15, 0.2) is 18.3 Å². The number of nitrogens with zero attached hydrogens (tertiary/aromatic N) is 1. The highest BCUT2D eigenvalue weighted by molar-refractivity contribution is 5.24. The van der Waals surface area contributed by atoms with Gasteiger partial charge in [-0.1, -0.05) is 6.07 Å². The van der Waals surface area contributed by atoms with Crippen LogP contribution in [0.5, 0.6) is 0 Å². The first-order valence-corrected chi connectivity index (χ1v) is 4.37. The van der Waals surface area contributed by atoms with Crippen LogP contribution in [0.25, 0.3) is 0 Å². The van der Waals surface area contributed by atoms with E-state index >= 15 is 0 Å². The van der Waals surface area contributed by atoms with Gasteiger partial charge in [-0.25, -0.2) is 0 Å². The van der Waals surface area contributed by atoms with Crippen molar-refractivity contribution >= 4 is 0 Å². The van der Waals surface area contributed by atoms with Crippen molar-refractivity contribution < 1.29 is 18.3 Å². The molecule has 0 bridgehead atoms. The minimum atomic E-state index is -4.55. The molecule has 15 heavy (non-hydrogen) atoms. The third kappa shape index (κ3) is 2.90. The lowest BCUT2D eigenvalue weighted by Crippen LogP contribution is -2.16. The topological polar surface area (TPSA) is 59.1 Å². The van der Waals surface area contributed by atoms with Gasteiger partial charge in [-0.15, -0.1) is 0 Å². The molecule has 3 nitrogen and oxygen atoms in total. The van der Waals surface area contributed by atoms with Gasteiger partial charge in [0.05, 0.1) is 6.10 Å². The summed E-state index contributed by atoms with van der Waals surface area (Å²) in [5.74, 6) is 0. The zero-order valence-corrected chi connectivity index (χ0v) is 7.83. The quantitative estimate of drug-likeness (QED) is 0.811. The fraction of sp³-hybridized carbons (Fsp3) is 0.444. The normalized spacial score (nSPS) is 13.9. The Morgan fingerprint density at radius 3 is 2.67 bits per heavy atom. The SMILES string of the molecule is NCC[C@H](O)c1cccnc1C(F)(F)F. The summed E-state index contributed by atoms with van der Waals surface area (Å²) in [5.41, 5.74) is 3.89. The van der Waals surface area contributed by atoms with Crippen molar-refractivity contribution in [3.63, 3.8) is 0 Å². The van der Waals surface area contributed by atoms with Gasteiger partial charge in [0.25, 0.3) is 0 Å². The van der Waals surface area contributed by atoms with Crippen LogP contribution in [-0.2, 0) is 6.18 Å². The first-order valence-electron chi connectivity index (χ1n) is 4.37. The molecule has 0 unspecified atom stereocenters. The maximum absolute atomic E-state index is 12.4. The van der Waals surface area contributed by atoms with Crippen LogP contribution in [0.1, 0.15) is 23.8 Å². The zero-order chi connectivity index (χ0) is 11.5. The Hall–Kier alpha value is -1.14. The summed E-state index contributed by atoms with van der Waals surface area (Å²) in [7, 11) is 0. The summed E-state index contributed by atoms with van der Waals surface area (Å²) in [5, 5.41) is 9.44. The fourth-order valence-electron chi connectivity index (χ4n) is 1.24. The molecule has 0 fully saturated rings. The van der Waals surface area contributed by atoms with Crippen LogP contribution in [0, 0.1) is 0 Å². The number of halogens is 3. The van der Waals surface area contributed by atoms with E-state index in [1.807, 2.05) is 0 Å². The Balaban J connectivity index is 3.06. The maximum atomic E-state index is 12.4. The Kier molecular flexibility index (Phi) is 3.65. The minimum Gasteiger partial charge on any atom is -0.388 e. The lowest BCUT2D eigenvalue weighted by Gasteiger charge is -2.15. The molecule has 6 heteroatoms. The number of alkyl halides is 3. The molecule has 0 saturated heterocycles. The number of aliphatic hydroxyl groups is 1. The predicted octanol–water partition coefficient (Wildman–Crippen LogP) is 1.48. The first kappa shape index (κ1) is 11.9. The van der Waals surface area contributed by atoms with E-state index in [-0.39, 0.29) is 18.5 Å². The second-order valence-corrected chi connectivity index (χ2v) is 3.03. The highest BCUT2D eigenvalue weighted by Crippen LogP contribution is 2.33. The lowest BCUT2D eigenvalue weighted by molar-refractivity contribution is -0.142. The summed E-state index contributed by atoms with van der Waals surface area (Å²) in [6.07, 6.45) is -4.65. The average Bonchev–Trinajstić information content (AvgIpc) is 2.17. The molecule has 0 saturated carbocycles. The van der Waals surface area contributed by atoms with E-state index in [1.54, 1.807) is 0 Å². The van der Waals surface area contributed by atoms with E-state index in [9.17, 15) is 18.3 Å². The Morgan fingerprint density at radius 2 is 2.13 bits per heavy atom. The number of hydrogen-bond donors (Lipinski definition) is 2. The van der Waals surface area contributed by atoms with Crippen molar-refractivity contribution in [2.24, 2.45) is 5.73 Å². The smallest absolute Gasteiger partial charge is 0.388 e. The molecule has 1 aromatic rings. The van der Waals surface area contributed by atoms with Crippen molar-refractivity contribution in [2.75, 3.05) is 6.54 Å². The second kappa shape index (κ2) is 4.59. The molecule has 0 aliphatic heterocycles.